The van der Waals surface area contributed by atoms with Crippen LogP contribution in [0.4, 0.5) is 0 Å². The summed E-state index contributed by atoms with van der Waals surface area (Å²) in [6, 6.07) is 9.22. The maximum Gasteiger partial charge on any atom is 0.173 e. The van der Waals surface area contributed by atoms with Crippen molar-refractivity contribution in [2.24, 2.45) is 0 Å². The van der Waals surface area contributed by atoms with E-state index in [0.29, 0.717) is 15.4 Å². The summed E-state index contributed by atoms with van der Waals surface area (Å²) in [7, 11) is 0. The number of hydrogen-bond acceptors (Lipinski definition) is 5. The van der Waals surface area contributed by atoms with Gasteiger partial charge in [0.2, 0.25) is 0 Å². The Bertz CT molecular complexity index is 749. The van der Waals surface area contributed by atoms with Crippen molar-refractivity contribution >= 4 is 47.8 Å². The van der Waals surface area contributed by atoms with E-state index in [0.717, 1.165) is 16.7 Å². The molecule has 3 unspecified atom stereocenters. The van der Waals surface area contributed by atoms with Crippen LogP contribution in [0.15, 0.2) is 39.3 Å². The molecule has 0 aliphatic carbocycles. The number of ether oxygens (including phenoxy) is 1. The van der Waals surface area contributed by atoms with Gasteiger partial charge in [-0.2, -0.15) is 0 Å². The van der Waals surface area contributed by atoms with Gasteiger partial charge in [-0.25, -0.2) is 0 Å². The SMILES string of the molecule is CC(O)C(O)C(Br)OCc1ccc(Cc2cc(O)c(O)c(Br)c2Br)cc1. The highest BCUT2D eigenvalue weighted by atomic mass is 79.9. The van der Waals surface area contributed by atoms with Gasteiger partial charge in [-0.15, -0.1) is 0 Å². The Balaban J connectivity index is 2.02. The summed E-state index contributed by atoms with van der Waals surface area (Å²) in [6.45, 7) is 1.78. The molecule has 0 amide bonds. The smallest absolute Gasteiger partial charge is 0.173 e. The lowest BCUT2D eigenvalue weighted by molar-refractivity contribution is -0.0483. The van der Waals surface area contributed by atoms with Crippen molar-refractivity contribution in [1.82, 2.24) is 0 Å². The maximum atomic E-state index is 9.77. The van der Waals surface area contributed by atoms with E-state index in [4.69, 9.17) is 4.74 Å². The van der Waals surface area contributed by atoms with Crippen LogP contribution < -0.4 is 0 Å². The number of alkyl halides is 1. The average Bonchev–Trinajstić information content (AvgIpc) is 2.62. The van der Waals surface area contributed by atoms with Crippen molar-refractivity contribution in [2.45, 2.75) is 37.2 Å². The molecule has 142 valence electrons. The van der Waals surface area contributed by atoms with Crippen LogP contribution in [0.25, 0.3) is 0 Å². The number of rotatable bonds is 7. The van der Waals surface area contributed by atoms with E-state index >= 15 is 0 Å². The first-order chi connectivity index (χ1) is 12.2. The monoisotopic (exact) mass is 552 g/mol. The number of phenolic OH excluding ortho intramolecular Hbond substituents is 2. The Hall–Kier alpha value is -0.640. The summed E-state index contributed by atoms with van der Waals surface area (Å²) in [5, 5.41) is 37.9. The summed E-state index contributed by atoms with van der Waals surface area (Å²) in [4.78, 5) is 0. The highest BCUT2D eigenvalue weighted by Gasteiger charge is 2.21. The minimum absolute atomic E-state index is 0.180. The second kappa shape index (κ2) is 9.52. The van der Waals surface area contributed by atoms with Gasteiger partial charge in [-0.1, -0.05) is 40.2 Å². The highest BCUT2D eigenvalue weighted by Crippen LogP contribution is 2.41. The molecular formula is C18H19Br3O5. The molecule has 2 aromatic carbocycles. The predicted octanol–water partition coefficient (Wildman–Crippen LogP) is 4.19. The van der Waals surface area contributed by atoms with Crippen LogP contribution in [-0.4, -0.2) is 37.6 Å². The van der Waals surface area contributed by atoms with Crippen LogP contribution in [0, 0.1) is 0 Å². The van der Waals surface area contributed by atoms with Crippen LogP contribution in [-0.2, 0) is 17.8 Å². The Morgan fingerprint density at radius 1 is 1.00 bits per heavy atom. The van der Waals surface area contributed by atoms with Gasteiger partial charge in [0.1, 0.15) is 11.1 Å². The molecule has 0 saturated heterocycles. The van der Waals surface area contributed by atoms with Gasteiger partial charge in [0.15, 0.2) is 11.5 Å². The Labute approximate surface area is 177 Å². The standard InChI is InChI=1S/C18H19Br3O5/c1-9(22)16(24)18(21)26-8-11-4-2-10(3-5-11)6-12-7-13(23)17(25)15(20)14(12)19/h2-5,7,9,16,18,22-25H,6,8H2,1H3. The van der Waals surface area contributed by atoms with Crippen LogP contribution >= 0.6 is 47.8 Å². The van der Waals surface area contributed by atoms with Crippen molar-refractivity contribution in [3.63, 3.8) is 0 Å². The maximum absolute atomic E-state index is 9.77. The lowest BCUT2D eigenvalue weighted by Crippen LogP contribution is -2.33. The zero-order valence-corrected chi connectivity index (χ0v) is 18.6. The van der Waals surface area contributed by atoms with Gasteiger partial charge in [-0.3, -0.25) is 0 Å². The number of aliphatic hydroxyl groups excluding tert-OH is 2. The van der Waals surface area contributed by atoms with E-state index < -0.39 is 17.2 Å². The summed E-state index contributed by atoms with van der Waals surface area (Å²) >= 11 is 9.86. The molecular weight excluding hydrogens is 536 g/mol. The van der Waals surface area contributed by atoms with Crippen molar-refractivity contribution in [2.75, 3.05) is 0 Å². The summed E-state index contributed by atoms with van der Waals surface area (Å²) in [6.07, 6.45) is -1.33. The molecule has 0 heterocycles. The van der Waals surface area contributed by atoms with E-state index in [9.17, 15) is 20.4 Å². The summed E-state index contributed by atoms with van der Waals surface area (Å²) in [5.74, 6) is -0.378. The van der Waals surface area contributed by atoms with Crippen LogP contribution in [0.1, 0.15) is 23.6 Å². The molecule has 5 nitrogen and oxygen atoms in total. The second-order valence-electron chi connectivity index (χ2n) is 5.92. The van der Waals surface area contributed by atoms with E-state index in [1.165, 1.54) is 13.0 Å². The normalized spacial score (nSPS) is 14.8. The van der Waals surface area contributed by atoms with E-state index in [1.54, 1.807) is 0 Å². The fourth-order valence-electron chi connectivity index (χ4n) is 2.25. The largest absolute Gasteiger partial charge is 0.504 e. The van der Waals surface area contributed by atoms with Crippen molar-refractivity contribution in [3.8, 4) is 11.5 Å². The van der Waals surface area contributed by atoms with Gasteiger partial charge in [0.05, 0.1) is 17.2 Å². The molecule has 4 N–H and O–H groups in total. The quantitative estimate of drug-likeness (QED) is 0.304. The Morgan fingerprint density at radius 3 is 2.15 bits per heavy atom. The fourth-order valence-corrected chi connectivity index (χ4v) is 3.72. The molecule has 8 heteroatoms. The van der Waals surface area contributed by atoms with Crippen LogP contribution in [0.5, 0.6) is 11.5 Å². The fraction of sp³-hybridized carbons (Fsp3) is 0.333. The molecule has 0 spiro atoms. The number of phenols is 2. The van der Waals surface area contributed by atoms with Crippen molar-refractivity contribution in [1.29, 1.82) is 0 Å². The van der Waals surface area contributed by atoms with E-state index in [-0.39, 0.29) is 18.1 Å². The van der Waals surface area contributed by atoms with Crippen molar-refractivity contribution in [3.05, 3.63) is 56.0 Å². The summed E-state index contributed by atoms with van der Waals surface area (Å²) in [5.41, 5.74) is 2.77. The first kappa shape index (κ1) is 21.7. The number of hydrogen-bond donors (Lipinski definition) is 4. The number of halogens is 3. The lowest BCUT2D eigenvalue weighted by Gasteiger charge is -2.20. The number of benzene rings is 2. The Morgan fingerprint density at radius 2 is 1.58 bits per heavy atom. The highest BCUT2D eigenvalue weighted by molar-refractivity contribution is 9.13. The van der Waals surface area contributed by atoms with Crippen LogP contribution in [0.2, 0.25) is 0 Å². The van der Waals surface area contributed by atoms with Gasteiger partial charge < -0.3 is 25.2 Å². The third-order valence-corrected chi connectivity index (χ3v) is 6.84. The van der Waals surface area contributed by atoms with Crippen molar-refractivity contribution < 1.29 is 25.2 Å². The third-order valence-electron chi connectivity index (χ3n) is 3.83. The molecule has 3 atom stereocenters. The van der Waals surface area contributed by atoms with E-state index in [1.807, 2.05) is 24.3 Å². The second-order valence-corrected chi connectivity index (χ2v) is 8.41. The minimum Gasteiger partial charge on any atom is -0.504 e. The van der Waals surface area contributed by atoms with Gasteiger partial charge in [0, 0.05) is 4.47 Å². The molecule has 0 aliphatic rings. The predicted molar refractivity (Wildman–Crippen MR) is 110 cm³/mol. The Kier molecular flexibility index (Phi) is 7.93. The molecule has 0 radical (unpaired) electrons. The molecule has 2 aromatic rings. The first-order valence-electron chi connectivity index (χ1n) is 7.79. The first-order valence-corrected chi connectivity index (χ1v) is 10.3. The molecule has 26 heavy (non-hydrogen) atoms. The number of aromatic hydroxyl groups is 2. The third kappa shape index (κ3) is 5.43. The van der Waals surface area contributed by atoms with E-state index in [2.05, 4.69) is 47.8 Å². The van der Waals surface area contributed by atoms with Gasteiger partial charge >= 0.3 is 0 Å². The number of aliphatic hydroxyl groups is 2. The average molecular weight is 555 g/mol. The van der Waals surface area contributed by atoms with Crippen LogP contribution in [0.3, 0.4) is 0 Å². The lowest BCUT2D eigenvalue weighted by atomic mass is 10.0. The molecule has 0 aliphatic heterocycles. The topological polar surface area (TPSA) is 90.2 Å². The molecule has 0 fully saturated rings. The molecule has 0 aromatic heterocycles. The zero-order chi connectivity index (χ0) is 19.4. The molecule has 0 saturated carbocycles. The van der Waals surface area contributed by atoms with Gasteiger partial charge in [0.25, 0.3) is 0 Å². The minimum atomic E-state index is -1.01. The summed E-state index contributed by atoms with van der Waals surface area (Å²) < 4.78 is 6.61. The zero-order valence-electron chi connectivity index (χ0n) is 13.9. The molecule has 0 bridgehead atoms. The molecule has 2 rings (SSSR count). The van der Waals surface area contributed by atoms with Gasteiger partial charge in [-0.05, 0) is 68.0 Å².